The molecule has 0 bridgehead atoms. The zero-order valence-electron chi connectivity index (χ0n) is 7.68. The zero-order valence-corrected chi connectivity index (χ0v) is 7.68. The summed E-state index contributed by atoms with van der Waals surface area (Å²) >= 11 is 0. The minimum absolute atomic E-state index is 0.210. The summed E-state index contributed by atoms with van der Waals surface area (Å²) in [5.41, 5.74) is 17.3. The van der Waals surface area contributed by atoms with E-state index in [1.54, 1.807) is 0 Å². The molecule has 0 spiro atoms. The van der Waals surface area contributed by atoms with Crippen LogP contribution in [-0.2, 0) is 0 Å². The molecular weight excluding hydrogens is 181 g/mol. The van der Waals surface area contributed by atoms with Crippen molar-refractivity contribution in [2.45, 2.75) is 6.42 Å². The average molecular weight is 193 g/mol. The van der Waals surface area contributed by atoms with Crippen LogP contribution < -0.4 is 17.2 Å². The van der Waals surface area contributed by atoms with E-state index in [0.29, 0.717) is 24.2 Å². The van der Waals surface area contributed by atoms with Gasteiger partial charge in [-0.2, -0.15) is 0 Å². The van der Waals surface area contributed by atoms with E-state index in [4.69, 9.17) is 17.2 Å². The van der Waals surface area contributed by atoms with Crippen LogP contribution >= 0.6 is 0 Å². The van der Waals surface area contributed by atoms with Gasteiger partial charge in [0.1, 0.15) is 5.82 Å². The second-order valence-corrected chi connectivity index (χ2v) is 2.80. The first-order valence-corrected chi connectivity index (χ1v) is 4.18. The van der Waals surface area contributed by atoms with Gasteiger partial charge in [0.05, 0.1) is 16.9 Å². The number of hydrogen-bond acceptors (Lipinski definition) is 3. The molecule has 0 heterocycles. The number of nitrogen functional groups attached to an aromatic ring is 2. The van der Waals surface area contributed by atoms with Crippen LogP contribution in [0.15, 0.2) is 12.1 Å². The highest BCUT2D eigenvalue weighted by Crippen LogP contribution is 2.20. The van der Waals surface area contributed by atoms with Crippen molar-refractivity contribution in [1.82, 2.24) is 0 Å². The van der Waals surface area contributed by atoms with Gasteiger partial charge >= 0.3 is 0 Å². The molecule has 1 aromatic rings. The molecule has 4 heteroatoms. The maximum atomic E-state index is 12.9. The molecule has 3 nitrogen and oxygen atoms in total. The van der Waals surface area contributed by atoms with Gasteiger partial charge in [-0.05, 0) is 12.1 Å². The van der Waals surface area contributed by atoms with Crippen LogP contribution in [0, 0.1) is 17.7 Å². The third-order valence-corrected chi connectivity index (χ3v) is 1.67. The molecule has 74 valence electrons. The largest absolute Gasteiger partial charge is 0.397 e. The number of rotatable bonds is 1. The van der Waals surface area contributed by atoms with Crippen molar-refractivity contribution in [1.29, 1.82) is 0 Å². The molecule has 0 fully saturated rings. The van der Waals surface area contributed by atoms with E-state index in [1.165, 1.54) is 12.1 Å². The van der Waals surface area contributed by atoms with Crippen molar-refractivity contribution in [2.75, 3.05) is 18.0 Å². The first-order chi connectivity index (χ1) is 6.65. The van der Waals surface area contributed by atoms with Gasteiger partial charge in [0.25, 0.3) is 0 Å². The summed E-state index contributed by atoms with van der Waals surface area (Å²) in [6, 6.07) is 2.43. The van der Waals surface area contributed by atoms with Gasteiger partial charge in [-0.1, -0.05) is 11.8 Å². The van der Waals surface area contributed by atoms with E-state index in [2.05, 4.69) is 11.8 Å². The van der Waals surface area contributed by atoms with Crippen molar-refractivity contribution in [2.24, 2.45) is 5.73 Å². The molecule has 0 saturated carbocycles. The Morgan fingerprint density at radius 1 is 1.29 bits per heavy atom. The molecule has 0 atom stereocenters. The first kappa shape index (κ1) is 10.4. The smallest absolute Gasteiger partial charge is 0.126 e. The predicted octanol–water partition coefficient (Wildman–Crippen LogP) is 0.690. The Morgan fingerprint density at radius 2 is 2.00 bits per heavy atom. The molecule has 0 aromatic heterocycles. The monoisotopic (exact) mass is 193 g/mol. The van der Waals surface area contributed by atoms with E-state index >= 15 is 0 Å². The minimum Gasteiger partial charge on any atom is -0.397 e. The van der Waals surface area contributed by atoms with E-state index in [-0.39, 0.29) is 5.69 Å². The van der Waals surface area contributed by atoms with Gasteiger partial charge < -0.3 is 17.2 Å². The number of anilines is 2. The van der Waals surface area contributed by atoms with E-state index in [1.807, 2.05) is 0 Å². The summed E-state index contributed by atoms with van der Waals surface area (Å²) in [5, 5.41) is 0. The van der Waals surface area contributed by atoms with Gasteiger partial charge in [0, 0.05) is 13.0 Å². The van der Waals surface area contributed by atoms with E-state index < -0.39 is 5.82 Å². The maximum absolute atomic E-state index is 12.9. The number of nitrogens with two attached hydrogens (primary N) is 3. The van der Waals surface area contributed by atoms with Gasteiger partial charge in [-0.3, -0.25) is 0 Å². The van der Waals surface area contributed by atoms with Crippen molar-refractivity contribution < 1.29 is 4.39 Å². The summed E-state index contributed by atoms with van der Waals surface area (Å²) in [6.45, 7) is 0.470. The zero-order chi connectivity index (χ0) is 10.6. The molecule has 0 aliphatic rings. The Kier molecular flexibility index (Phi) is 3.32. The number of benzene rings is 1. The topological polar surface area (TPSA) is 78.1 Å². The lowest BCUT2D eigenvalue weighted by Crippen LogP contribution is -1.99. The summed E-state index contributed by atoms with van der Waals surface area (Å²) in [6.07, 6.45) is 0.551. The van der Waals surface area contributed by atoms with Gasteiger partial charge in [-0.15, -0.1) is 0 Å². The third kappa shape index (κ3) is 2.38. The van der Waals surface area contributed by atoms with E-state index in [9.17, 15) is 4.39 Å². The second-order valence-electron chi connectivity index (χ2n) is 2.80. The lowest BCUT2D eigenvalue weighted by Gasteiger charge is -2.02. The Morgan fingerprint density at radius 3 is 2.64 bits per heavy atom. The minimum atomic E-state index is -0.436. The fourth-order valence-electron chi connectivity index (χ4n) is 0.972. The first-order valence-electron chi connectivity index (χ1n) is 4.18. The second kappa shape index (κ2) is 4.49. The predicted molar refractivity (Wildman–Crippen MR) is 55.8 cm³/mol. The molecule has 6 N–H and O–H groups in total. The molecule has 14 heavy (non-hydrogen) atoms. The summed E-state index contributed by atoms with van der Waals surface area (Å²) in [5.74, 6) is 5.05. The van der Waals surface area contributed by atoms with Crippen molar-refractivity contribution in [3.63, 3.8) is 0 Å². The molecule has 0 amide bonds. The summed E-state index contributed by atoms with van der Waals surface area (Å²) < 4.78 is 12.9. The van der Waals surface area contributed by atoms with E-state index in [0.717, 1.165) is 0 Å². The number of hydrogen-bond donors (Lipinski definition) is 3. The van der Waals surface area contributed by atoms with Crippen LogP contribution in [0.1, 0.15) is 12.0 Å². The quantitative estimate of drug-likeness (QED) is 0.453. The standard InChI is InChI=1S/C10H12FN3/c11-8-5-7(3-1-2-4-12)10(14)9(13)6-8/h5-6H,2,4,12-14H2. The molecular formula is C10H12FN3. The van der Waals surface area contributed by atoms with Gasteiger partial charge in [-0.25, -0.2) is 4.39 Å². The molecule has 0 aliphatic carbocycles. The van der Waals surface area contributed by atoms with Crippen LogP contribution in [0.4, 0.5) is 15.8 Å². The Bertz CT molecular complexity index is 390. The van der Waals surface area contributed by atoms with Crippen molar-refractivity contribution in [3.05, 3.63) is 23.5 Å². The van der Waals surface area contributed by atoms with Crippen LogP contribution in [0.3, 0.4) is 0 Å². The maximum Gasteiger partial charge on any atom is 0.126 e. The number of halogens is 1. The summed E-state index contributed by atoms with van der Waals surface area (Å²) in [7, 11) is 0. The van der Waals surface area contributed by atoms with Crippen LogP contribution in [0.25, 0.3) is 0 Å². The van der Waals surface area contributed by atoms with Crippen LogP contribution in [0.5, 0.6) is 0 Å². The Balaban J connectivity index is 3.04. The van der Waals surface area contributed by atoms with Crippen LogP contribution in [-0.4, -0.2) is 6.54 Å². The fourth-order valence-corrected chi connectivity index (χ4v) is 0.972. The molecule has 1 aromatic carbocycles. The molecule has 0 aliphatic heterocycles. The van der Waals surface area contributed by atoms with Crippen molar-refractivity contribution >= 4 is 11.4 Å². The summed E-state index contributed by atoms with van der Waals surface area (Å²) in [4.78, 5) is 0. The molecule has 0 radical (unpaired) electrons. The third-order valence-electron chi connectivity index (χ3n) is 1.67. The van der Waals surface area contributed by atoms with Crippen molar-refractivity contribution in [3.8, 4) is 11.8 Å². The SMILES string of the molecule is NCCC#Cc1cc(F)cc(N)c1N. The average Bonchev–Trinajstić information content (AvgIpc) is 2.13. The lowest BCUT2D eigenvalue weighted by atomic mass is 10.1. The highest BCUT2D eigenvalue weighted by molar-refractivity contribution is 5.71. The molecule has 0 unspecified atom stereocenters. The highest BCUT2D eigenvalue weighted by atomic mass is 19.1. The van der Waals surface area contributed by atoms with Gasteiger partial charge in [0.15, 0.2) is 0 Å². The highest BCUT2D eigenvalue weighted by Gasteiger charge is 2.02. The Labute approximate surface area is 82.1 Å². The lowest BCUT2D eigenvalue weighted by molar-refractivity contribution is 0.628. The normalized spacial score (nSPS) is 9.29. The fraction of sp³-hybridized carbons (Fsp3) is 0.200. The van der Waals surface area contributed by atoms with Gasteiger partial charge in [0.2, 0.25) is 0 Å². The molecule has 0 saturated heterocycles. The van der Waals surface area contributed by atoms with Crippen LogP contribution in [0.2, 0.25) is 0 Å². The molecule has 1 rings (SSSR count). The Hall–Kier alpha value is -1.73.